The van der Waals surface area contributed by atoms with Gasteiger partial charge in [-0.25, -0.2) is 9.59 Å². The number of hydrogen-bond acceptors (Lipinski definition) is 8. The van der Waals surface area contributed by atoms with Crippen LogP contribution in [0, 0.1) is 19.8 Å². The third-order valence-electron chi connectivity index (χ3n) is 3.34. The van der Waals surface area contributed by atoms with E-state index in [1.807, 2.05) is 13.8 Å². The molecule has 0 aromatic carbocycles. The van der Waals surface area contributed by atoms with Crippen LogP contribution in [0.15, 0.2) is 42.7 Å². The zero-order chi connectivity index (χ0) is 21.6. The van der Waals surface area contributed by atoms with Crippen LogP contribution in [0.4, 0.5) is 0 Å². The zero-order valence-electron chi connectivity index (χ0n) is 16.2. The predicted octanol–water partition coefficient (Wildman–Crippen LogP) is 2.91. The summed E-state index contributed by atoms with van der Waals surface area (Å²) in [5.41, 5.74) is -2.21. The molecule has 2 aromatic rings. The van der Waals surface area contributed by atoms with E-state index in [9.17, 15) is 24.3 Å². The van der Waals surface area contributed by atoms with Crippen LogP contribution in [0.5, 0.6) is 11.5 Å². The molecule has 0 aliphatic rings. The Morgan fingerprint density at radius 1 is 0.929 bits per heavy atom. The molecule has 2 aromatic heterocycles. The van der Waals surface area contributed by atoms with E-state index in [1.165, 1.54) is 39.0 Å². The third-order valence-corrected chi connectivity index (χ3v) is 3.34. The highest BCUT2D eigenvalue weighted by molar-refractivity contribution is 6.06. The minimum absolute atomic E-state index is 0.198. The molecular weight excluding hydrogens is 368 g/mol. The summed E-state index contributed by atoms with van der Waals surface area (Å²) in [6, 6.07) is 2.48. The van der Waals surface area contributed by atoms with Crippen molar-refractivity contribution in [1.29, 1.82) is 0 Å². The number of allylic oxidation sites excluding steroid dienone is 2. The van der Waals surface area contributed by atoms with Crippen LogP contribution < -0.4 is 11.3 Å². The van der Waals surface area contributed by atoms with Crippen LogP contribution in [0.3, 0.4) is 0 Å². The number of carbonyl (C=O) groups excluding carboxylic acids is 2. The van der Waals surface area contributed by atoms with E-state index in [4.69, 9.17) is 9.52 Å². The average molecular weight is 390 g/mol. The summed E-state index contributed by atoms with van der Waals surface area (Å²) < 4.78 is 9.36. The van der Waals surface area contributed by atoms with Gasteiger partial charge in [-0.15, -0.1) is 0 Å². The van der Waals surface area contributed by atoms with Crippen molar-refractivity contribution in [2.45, 2.75) is 34.6 Å². The molecule has 0 fully saturated rings. The SMILES string of the molecule is CC(=O)c1c(O)cc(C)oc1=O.Cc1cc(O)c(C(=O)/C=C/C(C)C)c(=O)o1. The van der Waals surface area contributed by atoms with Crippen molar-refractivity contribution in [2.24, 2.45) is 5.92 Å². The van der Waals surface area contributed by atoms with Crippen molar-refractivity contribution in [3.8, 4) is 11.5 Å². The van der Waals surface area contributed by atoms with Crippen LogP contribution in [-0.4, -0.2) is 21.8 Å². The number of aromatic hydroxyl groups is 2. The molecule has 150 valence electrons. The maximum absolute atomic E-state index is 11.6. The zero-order valence-corrected chi connectivity index (χ0v) is 16.2. The molecule has 2 N–H and O–H groups in total. The summed E-state index contributed by atoms with van der Waals surface area (Å²) >= 11 is 0. The van der Waals surface area contributed by atoms with Crippen LogP contribution in [0.1, 0.15) is 53.0 Å². The Labute approximate surface area is 160 Å². The van der Waals surface area contributed by atoms with Gasteiger partial charge in [0, 0.05) is 12.1 Å². The van der Waals surface area contributed by atoms with Crippen LogP contribution in [-0.2, 0) is 0 Å². The number of Topliss-reactive ketones (excluding diaryl/α,β-unsaturated/α-hetero) is 1. The molecule has 0 aliphatic heterocycles. The highest BCUT2D eigenvalue weighted by Crippen LogP contribution is 2.16. The molecule has 0 spiro atoms. The third kappa shape index (κ3) is 6.08. The lowest BCUT2D eigenvalue weighted by Crippen LogP contribution is -2.13. The largest absolute Gasteiger partial charge is 0.507 e. The fourth-order valence-electron chi connectivity index (χ4n) is 2.11. The normalized spacial score (nSPS) is 10.6. The smallest absolute Gasteiger partial charge is 0.351 e. The lowest BCUT2D eigenvalue weighted by Gasteiger charge is -2.00. The fraction of sp³-hybridized carbons (Fsp3) is 0.300. The molecule has 0 saturated carbocycles. The van der Waals surface area contributed by atoms with E-state index in [0.29, 0.717) is 0 Å². The van der Waals surface area contributed by atoms with Crippen molar-refractivity contribution in [2.75, 3.05) is 0 Å². The summed E-state index contributed by atoms with van der Waals surface area (Å²) in [7, 11) is 0. The Morgan fingerprint density at radius 2 is 1.36 bits per heavy atom. The second-order valence-electron chi connectivity index (χ2n) is 6.33. The number of carbonyl (C=O) groups is 2. The van der Waals surface area contributed by atoms with Gasteiger partial charge in [-0.05, 0) is 32.8 Å². The van der Waals surface area contributed by atoms with E-state index in [1.54, 1.807) is 6.08 Å². The predicted molar refractivity (Wildman–Crippen MR) is 101 cm³/mol. The second-order valence-corrected chi connectivity index (χ2v) is 6.33. The molecule has 0 aliphatic carbocycles. The molecule has 0 bridgehead atoms. The second kappa shape index (κ2) is 9.50. The first kappa shape index (κ1) is 22.6. The first-order valence-corrected chi connectivity index (χ1v) is 8.34. The Bertz CT molecular complexity index is 1020. The van der Waals surface area contributed by atoms with E-state index < -0.39 is 22.8 Å². The topological polar surface area (TPSA) is 135 Å². The number of ketones is 2. The molecule has 2 heterocycles. The highest BCUT2D eigenvalue weighted by atomic mass is 16.4. The first-order chi connectivity index (χ1) is 12.9. The molecular formula is C20H22O8. The summed E-state index contributed by atoms with van der Waals surface area (Å²) in [5.74, 6) is -0.956. The Kier molecular flexibility index (Phi) is 7.67. The molecule has 0 saturated heterocycles. The maximum atomic E-state index is 11.6. The molecule has 8 nitrogen and oxygen atoms in total. The molecule has 0 amide bonds. The minimum Gasteiger partial charge on any atom is -0.507 e. The molecule has 28 heavy (non-hydrogen) atoms. The monoisotopic (exact) mass is 390 g/mol. The van der Waals surface area contributed by atoms with Gasteiger partial charge in [-0.3, -0.25) is 9.59 Å². The molecule has 0 unspecified atom stereocenters. The number of rotatable bonds is 4. The lowest BCUT2D eigenvalue weighted by molar-refractivity contribution is 0.100. The highest BCUT2D eigenvalue weighted by Gasteiger charge is 2.16. The Morgan fingerprint density at radius 3 is 1.71 bits per heavy atom. The van der Waals surface area contributed by atoms with Gasteiger partial charge < -0.3 is 19.0 Å². The van der Waals surface area contributed by atoms with E-state index in [0.717, 1.165) is 0 Å². The quantitative estimate of drug-likeness (QED) is 0.601. The average Bonchev–Trinajstić information content (AvgIpc) is 2.51. The summed E-state index contributed by atoms with van der Waals surface area (Å²) in [5, 5.41) is 18.7. The molecule has 0 radical (unpaired) electrons. The van der Waals surface area contributed by atoms with Crippen LogP contribution in [0.25, 0.3) is 0 Å². The molecule has 0 atom stereocenters. The van der Waals surface area contributed by atoms with Crippen LogP contribution >= 0.6 is 0 Å². The van der Waals surface area contributed by atoms with Crippen molar-refractivity contribution >= 4 is 11.6 Å². The van der Waals surface area contributed by atoms with Gasteiger partial charge in [0.2, 0.25) is 0 Å². The fourth-order valence-corrected chi connectivity index (χ4v) is 2.11. The van der Waals surface area contributed by atoms with Crippen LogP contribution in [0.2, 0.25) is 0 Å². The van der Waals surface area contributed by atoms with Crippen molar-refractivity contribution in [1.82, 2.24) is 0 Å². The first-order valence-electron chi connectivity index (χ1n) is 8.34. The van der Waals surface area contributed by atoms with E-state index in [2.05, 4.69) is 4.42 Å². The van der Waals surface area contributed by atoms with Gasteiger partial charge in [-0.2, -0.15) is 0 Å². The number of aryl methyl sites for hydroxylation is 2. The van der Waals surface area contributed by atoms with Gasteiger partial charge in [0.25, 0.3) is 0 Å². The summed E-state index contributed by atoms with van der Waals surface area (Å²) in [6.45, 7) is 8.05. The Hall–Kier alpha value is -3.42. The molecule has 8 heteroatoms. The summed E-state index contributed by atoms with van der Waals surface area (Å²) in [4.78, 5) is 44.7. The van der Waals surface area contributed by atoms with Gasteiger partial charge in [0.1, 0.15) is 34.1 Å². The summed E-state index contributed by atoms with van der Waals surface area (Å²) in [6.07, 6.45) is 2.92. The van der Waals surface area contributed by atoms with Gasteiger partial charge >= 0.3 is 11.3 Å². The van der Waals surface area contributed by atoms with Crippen molar-refractivity contribution in [3.63, 3.8) is 0 Å². The van der Waals surface area contributed by atoms with Gasteiger partial charge in [0.05, 0.1) is 0 Å². The van der Waals surface area contributed by atoms with Crippen molar-refractivity contribution < 1.29 is 28.6 Å². The molecule has 2 rings (SSSR count). The number of hydrogen-bond donors (Lipinski definition) is 2. The minimum atomic E-state index is -0.809. The lowest BCUT2D eigenvalue weighted by atomic mass is 10.1. The van der Waals surface area contributed by atoms with Gasteiger partial charge in [0.15, 0.2) is 11.6 Å². The maximum Gasteiger partial charge on any atom is 0.351 e. The van der Waals surface area contributed by atoms with E-state index >= 15 is 0 Å². The standard InChI is InChI=1S/C12H14O4.C8H8O4/c1-7(2)4-5-9(13)11-10(14)6-8(3)16-12(11)15;1-4-3-6(10)7(5(2)9)8(11)12-4/h4-7,14H,1-3H3;3,10H,1-2H3/b5-4+;. The van der Waals surface area contributed by atoms with E-state index in [-0.39, 0.29) is 40.1 Å². The van der Waals surface area contributed by atoms with Crippen molar-refractivity contribution in [3.05, 3.63) is 67.8 Å². The Balaban J connectivity index is 0.000000292. The van der Waals surface area contributed by atoms with Gasteiger partial charge in [-0.1, -0.05) is 19.9 Å².